The Morgan fingerprint density at radius 1 is 1.05 bits per heavy atom. The molecule has 0 aliphatic carbocycles. The number of benzene rings is 1. The summed E-state index contributed by atoms with van der Waals surface area (Å²) in [6.07, 6.45) is 1.43. The lowest BCUT2D eigenvalue weighted by molar-refractivity contribution is -0.134. The molecule has 1 aromatic carbocycles. The Morgan fingerprint density at radius 3 is 2.29 bits per heavy atom. The highest BCUT2D eigenvalue weighted by atomic mass is 16.2. The van der Waals surface area contributed by atoms with Crippen molar-refractivity contribution in [1.29, 1.82) is 0 Å². The number of nitrogens with zero attached hydrogens (tertiary/aromatic N) is 3. The number of urea groups is 1. The molecule has 3 rings (SSSR count). The van der Waals surface area contributed by atoms with Crippen LogP contribution in [0, 0.1) is 0 Å². The molecule has 1 aromatic rings. The quantitative estimate of drug-likeness (QED) is 0.775. The minimum Gasteiger partial charge on any atom is -0.306 e. The largest absolute Gasteiger partial charge is 0.327 e. The van der Waals surface area contributed by atoms with Crippen LogP contribution in [0.25, 0.3) is 0 Å². The van der Waals surface area contributed by atoms with E-state index in [2.05, 4.69) is 11.9 Å². The topological polar surface area (TPSA) is 43.9 Å². The molecule has 0 saturated carbocycles. The highest BCUT2D eigenvalue weighted by Crippen LogP contribution is 2.37. The van der Waals surface area contributed by atoms with Gasteiger partial charge < -0.3 is 9.80 Å². The van der Waals surface area contributed by atoms with Gasteiger partial charge in [-0.25, -0.2) is 4.79 Å². The van der Waals surface area contributed by atoms with Crippen LogP contribution < -0.4 is 0 Å². The van der Waals surface area contributed by atoms with Gasteiger partial charge in [0.25, 0.3) is 5.91 Å². The van der Waals surface area contributed by atoms with Crippen LogP contribution in [0.4, 0.5) is 4.79 Å². The third-order valence-electron chi connectivity index (χ3n) is 4.73. The molecule has 2 heterocycles. The van der Waals surface area contributed by atoms with Gasteiger partial charge >= 0.3 is 6.03 Å². The third kappa shape index (κ3) is 2.21. The van der Waals surface area contributed by atoms with E-state index in [0.717, 1.165) is 18.7 Å². The van der Waals surface area contributed by atoms with Gasteiger partial charge in [-0.3, -0.25) is 9.69 Å². The first-order valence-electron chi connectivity index (χ1n) is 7.37. The predicted octanol–water partition coefficient (Wildman–Crippen LogP) is 1.54. The smallest absolute Gasteiger partial charge is 0.306 e. The number of carbonyl (C=O) groups excluding carboxylic acids is 2. The van der Waals surface area contributed by atoms with E-state index in [1.165, 1.54) is 4.90 Å². The average Bonchev–Trinajstić information content (AvgIpc) is 2.67. The monoisotopic (exact) mass is 287 g/mol. The second-order valence-corrected chi connectivity index (χ2v) is 6.05. The summed E-state index contributed by atoms with van der Waals surface area (Å²) in [7, 11) is 3.65. The first-order chi connectivity index (χ1) is 10.0. The molecule has 2 saturated heterocycles. The summed E-state index contributed by atoms with van der Waals surface area (Å²) in [5.74, 6) is -0.0449. The number of likely N-dealkylation sites (N-methyl/N-ethyl adjacent to an activating group) is 1. The Hall–Kier alpha value is -1.88. The standard InChI is InChI=1S/C16H21N3O2/c1-17-10-8-16(9-11-17)14(20)18(2)15(21)19(16)12-13-6-4-3-5-7-13/h3-7H,8-12H2,1-2H3. The molecule has 0 atom stereocenters. The van der Waals surface area contributed by atoms with Crippen molar-refractivity contribution in [3.8, 4) is 0 Å². The summed E-state index contributed by atoms with van der Waals surface area (Å²) in [6.45, 7) is 2.19. The Morgan fingerprint density at radius 2 is 1.67 bits per heavy atom. The van der Waals surface area contributed by atoms with E-state index in [1.807, 2.05) is 30.3 Å². The maximum absolute atomic E-state index is 12.6. The van der Waals surface area contributed by atoms with E-state index in [1.54, 1.807) is 11.9 Å². The highest BCUT2D eigenvalue weighted by Gasteiger charge is 2.56. The van der Waals surface area contributed by atoms with Crippen molar-refractivity contribution in [2.45, 2.75) is 24.9 Å². The molecule has 21 heavy (non-hydrogen) atoms. The second-order valence-electron chi connectivity index (χ2n) is 6.05. The average molecular weight is 287 g/mol. The third-order valence-corrected chi connectivity index (χ3v) is 4.73. The van der Waals surface area contributed by atoms with Crippen molar-refractivity contribution >= 4 is 11.9 Å². The summed E-state index contributed by atoms with van der Waals surface area (Å²) < 4.78 is 0. The van der Waals surface area contributed by atoms with Crippen LogP contribution >= 0.6 is 0 Å². The SMILES string of the molecule is CN1CCC2(CC1)C(=O)N(C)C(=O)N2Cc1ccccc1. The predicted molar refractivity (Wildman–Crippen MR) is 79.6 cm³/mol. The molecule has 112 valence electrons. The van der Waals surface area contributed by atoms with Crippen LogP contribution in [-0.2, 0) is 11.3 Å². The molecular weight excluding hydrogens is 266 g/mol. The van der Waals surface area contributed by atoms with Crippen molar-refractivity contribution < 1.29 is 9.59 Å². The van der Waals surface area contributed by atoms with Crippen LogP contribution in [0.3, 0.4) is 0 Å². The summed E-state index contributed by atoms with van der Waals surface area (Å²) >= 11 is 0. The maximum atomic E-state index is 12.6. The fourth-order valence-corrected chi connectivity index (χ4v) is 3.34. The molecule has 0 radical (unpaired) electrons. The molecule has 5 nitrogen and oxygen atoms in total. The minimum absolute atomic E-state index is 0.0449. The number of imide groups is 1. The van der Waals surface area contributed by atoms with Crippen LogP contribution in [0.2, 0.25) is 0 Å². The Bertz CT molecular complexity index is 550. The number of piperidine rings is 1. The fourth-order valence-electron chi connectivity index (χ4n) is 3.34. The van der Waals surface area contributed by atoms with Gasteiger partial charge in [0.2, 0.25) is 0 Å². The number of hydrogen-bond acceptors (Lipinski definition) is 3. The van der Waals surface area contributed by atoms with Gasteiger partial charge in [0.1, 0.15) is 5.54 Å². The van der Waals surface area contributed by atoms with Crippen molar-refractivity contribution in [1.82, 2.24) is 14.7 Å². The first-order valence-corrected chi connectivity index (χ1v) is 7.37. The van der Waals surface area contributed by atoms with Crippen molar-refractivity contribution in [3.63, 3.8) is 0 Å². The molecule has 1 spiro atoms. The zero-order valence-electron chi connectivity index (χ0n) is 12.6. The molecule has 3 amide bonds. The number of amides is 3. The lowest BCUT2D eigenvalue weighted by Crippen LogP contribution is -2.55. The van der Waals surface area contributed by atoms with E-state index in [9.17, 15) is 9.59 Å². The van der Waals surface area contributed by atoms with Crippen molar-refractivity contribution in [2.24, 2.45) is 0 Å². The summed E-state index contributed by atoms with van der Waals surface area (Å²) in [4.78, 5) is 30.4. The maximum Gasteiger partial charge on any atom is 0.327 e. The Labute approximate surface area is 125 Å². The van der Waals surface area contributed by atoms with E-state index in [-0.39, 0.29) is 11.9 Å². The van der Waals surface area contributed by atoms with E-state index >= 15 is 0 Å². The van der Waals surface area contributed by atoms with E-state index < -0.39 is 5.54 Å². The molecule has 0 N–H and O–H groups in total. The zero-order valence-corrected chi connectivity index (χ0v) is 12.6. The van der Waals surface area contributed by atoms with Crippen LogP contribution in [0.15, 0.2) is 30.3 Å². The molecule has 2 aliphatic rings. The van der Waals surface area contributed by atoms with Gasteiger partial charge in [-0.1, -0.05) is 30.3 Å². The fraction of sp³-hybridized carbons (Fsp3) is 0.500. The highest BCUT2D eigenvalue weighted by molar-refractivity contribution is 6.06. The minimum atomic E-state index is -0.645. The molecular formula is C16H21N3O2. The summed E-state index contributed by atoms with van der Waals surface area (Å²) in [6, 6.07) is 9.70. The van der Waals surface area contributed by atoms with E-state index in [4.69, 9.17) is 0 Å². The molecule has 2 aliphatic heterocycles. The van der Waals surface area contributed by atoms with Crippen molar-refractivity contribution in [2.75, 3.05) is 27.2 Å². The van der Waals surface area contributed by atoms with Crippen molar-refractivity contribution in [3.05, 3.63) is 35.9 Å². The van der Waals surface area contributed by atoms with Gasteiger partial charge in [0, 0.05) is 26.7 Å². The van der Waals surface area contributed by atoms with Gasteiger partial charge in [-0.15, -0.1) is 0 Å². The molecule has 2 fully saturated rings. The Balaban J connectivity index is 1.91. The lowest BCUT2D eigenvalue weighted by atomic mass is 9.86. The van der Waals surface area contributed by atoms with Gasteiger partial charge in [0.05, 0.1) is 0 Å². The Kier molecular flexibility index (Phi) is 3.45. The number of likely N-dealkylation sites (tertiary alicyclic amines) is 1. The molecule has 5 heteroatoms. The number of carbonyl (C=O) groups is 2. The second kappa shape index (κ2) is 5.15. The van der Waals surface area contributed by atoms with Gasteiger partial charge in [0.15, 0.2) is 0 Å². The number of hydrogen-bond donors (Lipinski definition) is 0. The van der Waals surface area contributed by atoms with Crippen LogP contribution in [0.5, 0.6) is 0 Å². The first kappa shape index (κ1) is 14.1. The molecule has 0 unspecified atom stereocenters. The zero-order chi connectivity index (χ0) is 15.0. The molecule has 0 aromatic heterocycles. The van der Waals surface area contributed by atoms with Crippen LogP contribution in [-0.4, -0.2) is 59.4 Å². The number of rotatable bonds is 2. The normalized spacial score (nSPS) is 22.4. The van der Waals surface area contributed by atoms with Crippen LogP contribution in [0.1, 0.15) is 18.4 Å². The summed E-state index contributed by atoms with van der Waals surface area (Å²) in [5, 5.41) is 0. The van der Waals surface area contributed by atoms with E-state index in [0.29, 0.717) is 19.4 Å². The summed E-state index contributed by atoms with van der Waals surface area (Å²) in [5.41, 5.74) is 0.418. The van der Waals surface area contributed by atoms with Gasteiger partial charge in [-0.2, -0.15) is 0 Å². The molecule has 0 bridgehead atoms. The lowest BCUT2D eigenvalue weighted by Gasteiger charge is -2.41. The van der Waals surface area contributed by atoms with Gasteiger partial charge in [-0.05, 0) is 25.5 Å².